The number of hydrogen-bond acceptors (Lipinski definition) is 5. The Morgan fingerprint density at radius 3 is 2.43 bits per heavy atom. The van der Waals surface area contributed by atoms with Gasteiger partial charge in [0, 0.05) is 37.6 Å². The number of halogens is 5. The van der Waals surface area contributed by atoms with Crippen LogP contribution in [0.15, 0.2) is 59.8 Å². The summed E-state index contributed by atoms with van der Waals surface area (Å²) in [6.07, 6.45) is 0.00581. The van der Waals surface area contributed by atoms with Crippen LogP contribution in [-0.4, -0.2) is 47.4 Å². The Bertz CT molecular complexity index is 1400. The van der Waals surface area contributed by atoms with Crippen molar-refractivity contribution in [3.05, 3.63) is 77.8 Å². The van der Waals surface area contributed by atoms with Gasteiger partial charge in [-0.2, -0.15) is 13.1 Å². The lowest BCUT2D eigenvalue weighted by atomic mass is 10.1. The third-order valence-electron chi connectivity index (χ3n) is 5.82. The van der Waals surface area contributed by atoms with Crippen molar-refractivity contribution in [2.75, 3.05) is 6.54 Å². The second-order valence-electron chi connectivity index (χ2n) is 8.58. The Labute approximate surface area is 209 Å². The Kier molecular flexibility index (Phi) is 7.29. The molecule has 0 aliphatic carbocycles. The number of sulfonamides is 1. The van der Waals surface area contributed by atoms with Gasteiger partial charge < -0.3 is 5.32 Å². The van der Waals surface area contributed by atoms with Gasteiger partial charge in [-0.05, 0) is 42.5 Å². The highest BCUT2D eigenvalue weighted by atomic mass is 32.2. The Balaban J connectivity index is 1.50. The molecule has 0 radical (unpaired) electrons. The number of amides is 1. The largest absolute Gasteiger partial charge is 0.351 e. The monoisotopic (exact) mass is 540 g/mol. The van der Waals surface area contributed by atoms with Crippen LogP contribution in [0.4, 0.5) is 22.0 Å². The van der Waals surface area contributed by atoms with Crippen LogP contribution in [0.2, 0.25) is 0 Å². The molecule has 1 aromatic heterocycles. The summed E-state index contributed by atoms with van der Waals surface area (Å²) in [6, 6.07) is 6.30. The van der Waals surface area contributed by atoms with Crippen molar-refractivity contribution in [1.29, 1.82) is 0 Å². The number of nitrogens with zero attached hydrogens (tertiary/aromatic N) is 3. The lowest BCUT2D eigenvalue weighted by molar-refractivity contribution is -0.124. The fourth-order valence-electron chi connectivity index (χ4n) is 3.88. The van der Waals surface area contributed by atoms with Crippen molar-refractivity contribution in [3.8, 4) is 11.3 Å². The molecule has 1 N–H and O–H groups in total. The molecular formula is C24H21F5N4O3S. The SMILES string of the molecule is CC(F)(F)c1cnc(-c2ccc(F)c(CNC(=O)[C@@H]3C[C@@H](F)CN3S(=O)(=O)c3ccc(F)cc3)c2)cn1. The molecule has 2 atom stereocenters. The zero-order valence-corrected chi connectivity index (χ0v) is 20.2. The second-order valence-corrected chi connectivity index (χ2v) is 10.5. The van der Waals surface area contributed by atoms with Gasteiger partial charge in [0.2, 0.25) is 15.9 Å². The molecule has 0 spiro atoms. The minimum absolute atomic E-state index is 0.000264. The lowest BCUT2D eigenvalue weighted by Gasteiger charge is -2.23. The van der Waals surface area contributed by atoms with E-state index in [1.165, 1.54) is 12.1 Å². The summed E-state index contributed by atoms with van der Waals surface area (Å²) in [4.78, 5) is 20.2. The highest BCUT2D eigenvalue weighted by Gasteiger charge is 2.44. The molecule has 13 heteroatoms. The van der Waals surface area contributed by atoms with Crippen molar-refractivity contribution in [3.63, 3.8) is 0 Å². The van der Waals surface area contributed by atoms with Gasteiger partial charge in [0.25, 0.3) is 5.92 Å². The van der Waals surface area contributed by atoms with E-state index in [9.17, 15) is 35.2 Å². The van der Waals surface area contributed by atoms with Crippen LogP contribution in [-0.2, 0) is 27.3 Å². The zero-order chi connectivity index (χ0) is 27.0. The number of alkyl halides is 3. The second kappa shape index (κ2) is 10.1. The van der Waals surface area contributed by atoms with Gasteiger partial charge in [-0.25, -0.2) is 21.6 Å². The van der Waals surface area contributed by atoms with E-state index in [1.807, 2.05) is 0 Å². The molecule has 1 saturated heterocycles. The van der Waals surface area contributed by atoms with Gasteiger partial charge in [0.1, 0.15) is 29.5 Å². The topological polar surface area (TPSA) is 92.3 Å². The van der Waals surface area contributed by atoms with Crippen LogP contribution in [0, 0.1) is 11.6 Å². The predicted molar refractivity (Wildman–Crippen MR) is 122 cm³/mol. The van der Waals surface area contributed by atoms with Crippen molar-refractivity contribution >= 4 is 15.9 Å². The maximum absolute atomic E-state index is 14.4. The van der Waals surface area contributed by atoms with E-state index in [-0.39, 0.29) is 22.7 Å². The van der Waals surface area contributed by atoms with Crippen LogP contribution in [0.3, 0.4) is 0 Å². The third kappa shape index (κ3) is 5.77. The molecular weight excluding hydrogens is 519 g/mol. The van der Waals surface area contributed by atoms with Gasteiger partial charge >= 0.3 is 0 Å². The van der Waals surface area contributed by atoms with Crippen LogP contribution in [0.25, 0.3) is 11.3 Å². The summed E-state index contributed by atoms with van der Waals surface area (Å²) in [5.74, 6) is -5.38. The molecule has 2 aromatic carbocycles. The fourth-order valence-corrected chi connectivity index (χ4v) is 5.50. The first-order chi connectivity index (χ1) is 17.4. The maximum atomic E-state index is 14.4. The molecule has 0 bridgehead atoms. The zero-order valence-electron chi connectivity index (χ0n) is 19.3. The van der Waals surface area contributed by atoms with E-state index in [1.54, 1.807) is 0 Å². The lowest BCUT2D eigenvalue weighted by Crippen LogP contribution is -2.45. The van der Waals surface area contributed by atoms with Crippen molar-refractivity contribution in [1.82, 2.24) is 19.6 Å². The summed E-state index contributed by atoms with van der Waals surface area (Å²) in [6.45, 7) is -0.251. The van der Waals surface area contributed by atoms with E-state index in [0.29, 0.717) is 16.8 Å². The van der Waals surface area contributed by atoms with Gasteiger partial charge in [-0.15, -0.1) is 0 Å². The summed E-state index contributed by atoms with van der Waals surface area (Å²) in [5, 5.41) is 2.43. The average molecular weight is 541 g/mol. The van der Waals surface area contributed by atoms with Gasteiger partial charge in [0.05, 0.1) is 23.0 Å². The van der Waals surface area contributed by atoms with Crippen LogP contribution < -0.4 is 5.32 Å². The number of aromatic nitrogens is 2. The Hall–Kier alpha value is -3.45. The molecule has 2 heterocycles. The van der Waals surface area contributed by atoms with Gasteiger partial charge in [0.15, 0.2) is 0 Å². The number of benzene rings is 2. The van der Waals surface area contributed by atoms with Crippen LogP contribution in [0.5, 0.6) is 0 Å². The fraction of sp³-hybridized carbons (Fsp3) is 0.292. The minimum atomic E-state index is -4.31. The number of carbonyl (C=O) groups excluding carboxylic acids is 1. The third-order valence-corrected chi connectivity index (χ3v) is 7.71. The minimum Gasteiger partial charge on any atom is -0.351 e. The summed E-state index contributed by atoms with van der Waals surface area (Å²) in [5.41, 5.74) is -0.00321. The smallest absolute Gasteiger partial charge is 0.288 e. The van der Waals surface area contributed by atoms with E-state index in [2.05, 4.69) is 15.3 Å². The van der Waals surface area contributed by atoms with Gasteiger partial charge in [-0.3, -0.25) is 14.8 Å². The average Bonchev–Trinajstić information content (AvgIpc) is 3.26. The quantitative estimate of drug-likeness (QED) is 0.459. The summed E-state index contributed by atoms with van der Waals surface area (Å²) >= 11 is 0. The molecule has 37 heavy (non-hydrogen) atoms. The first kappa shape index (κ1) is 26.6. The molecule has 1 fully saturated rings. The Morgan fingerprint density at radius 1 is 1.11 bits per heavy atom. The summed E-state index contributed by atoms with van der Waals surface area (Å²) < 4.78 is 95.2. The van der Waals surface area contributed by atoms with E-state index in [0.717, 1.165) is 42.7 Å². The molecule has 7 nitrogen and oxygen atoms in total. The van der Waals surface area contributed by atoms with Crippen molar-refractivity contribution in [2.24, 2.45) is 0 Å². The highest BCUT2D eigenvalue weighted by molar-refractivity contribution is 7.89. The molecule has 0 saturated carbocycles. The van der Waals surface area contributed by atoms with Crippen molar-refractivity contribution in [2.45, 2.75) is 42.9 Å². The normalized spacial score (nSPS) is 18.6. The highest BCUT2D eigenvalue weighted by Crippen LogP contribution is 2.29. The summed E-state index contributed by atoms with van der Waals surface area (Å²) in [7, 11) is -4.31. The van der Waals surface area contributed by atoms with E-state index >= 15 is 0 Å². The first-order valence-corrected chi connectivity index (χ1v) is 12.5. The van der Waals surface area contributed by atoms with Crippen LogP contribution in [0.1, 0.15) is 24.6 Å². The molecule has 1 aliphatic heterocycles. The van der Waals surface area contributed by atoms with Gasteiger partial charge in [-0.1, -0.05) is 0 Å². The van der Waals surface area contributed by atoms with Crippen molar-refractivity contribution < 1.29 is 35.2 Å². The molecule has 1 amide bonds. The molecule has 3 aromatic rings. The number of carbonyl (C=O) groups is 1. The number of hydrogen-bond donors (Lipinski definition) is 1. The maximum Gasteiger partial charge on any atom is 0.288 e. The molecule has 1 aliphatic rings. The molecule has 4 rings (SSSR count). The molecule has 196 valence electrons. The molecule has 0 unspecified atom stereocenters. The Morgan fingerprint density at radius 2 is 1.81 bits per heavy atom. The van der Waals surface area contributed by atoms with E-state index in [4.69, 9.17) is 0 Å². The standard InChI is InChI=1S/C24H21F5N4O3S/c1-24(28,29)22-12-30-20(11-31-22)14-2-7-19(27)15(8-14)10-32-23(34)21-9-17(26)13-33(21)37(35,36)18-5-3-16(25)4-6-18/h2-8,11-12,17,21H,9-10,13H2,1H3,(H,32,34)/t17-,21+/m1/s1. The number of nitrogens with one attached hydrogen (secondary N) is 1. The van der Waals surface area contributed by atoms with E-state index < -0.39 is 64.4 Å². The first-order valence-electron chi connectivity index (χ1n) is 11.0. The van der Waals surface area contributed by atoms with Crippen LogP contribution >= 0.6 is 0 Å². The predicted octanol–water partition coefficient (Wildman–Crippen LogP) is 3.95. The number of rotatable bonds is 7.